The normalized spacial score (nSPS) is 15.4. The number of rotatable bonds is 8. The SMILES string of the molecule is CCOC(=O)C(CN)(CCOC(F)(F)F)CC(C)C. The molecule has 1 unspecified atom stereocenters. The second kappa shape index (κ2) is 7.69. The van der Waals surface area contributed by atoms with Crippen molar-refractivity contribution in [2.24, 2.45) is 17.1 Å². The molecule has 114 valence electrons. The van der Waals surface area contributed by atoms with Crippen molar-refractivity contribution < 1.29 is 27.4 Å². The maximum absolute atomic E-state index is 12.0. The Morgan fingerprint density at radius 3 is 2.26 bits per heavy atom. The van der Waals surface area contributed by atoms with E-state index in [1.165, 1.54) is 0 Å². The summed E-state index contributed by atoms with van der Waals surface area (Å²) in [6, 6.07) is 0. The van der Waals surface area contributed by atoms with Crippen LogP contribution in [0.4, 0.5) is 13.2 Å². The fraction of sp³-hybridized carbons (Fsp3) is 0.917. The maximum Gasteiger partial charge on any atom is 0.522 e. The van der Waals surface area contributed by atoms with E-state index >= 15 is 0 Å². The lowest BCUT2D eigenvalue weighted by Gasteiger charge is -2.31. The predicted molar refractivity (Wildman–Crippen MR) is 64.2 cm³/mol. The third-order valence-corrected chi connectivity index (χ3v) is 2.74. The fourth-order valence-corrected chi connectivity index (χ4v) is 1.98. The summed E-state index contributed by atoms with van der Waals surface area (Å²) < 4.78 is 44.6. The first-order chi connectivity index (χ1) is 8.67. The third-order valence-electron chi connectivity index (χ3n) is 2.74. The van der Waals surface area contributed by atoms with Crippen LogP contribution in [0.1, 0.15) is 33.6 Å². The summed E-state index contributed by atoms with van der Waals surface area (Å²) in [5, 5.41) is 0. The summed E-state index contributed by atoms with van der Waals surface area (Å²) in [7, 11) is 0. The van der Waals surface area contributed by atoms with Crippen LogP contribution in [0.15, 0.2) is 0 Å². The summed E-state index contributed by atoms with van der Waals surface area (Å²) in [6.45, 7) is 4.87. The van der Waals surface area contributed by atoms with Gasteiger partial charge in [0, 0.05) is 6.54 Å². The Morgan fingerprint density at radius 2 is 1.89 bits per heavy atom. The Bertz CT molecular complexity index is 282. The summed E-state index contributed by atoms with van der Waals surface area (Å²) in [5.41, 5.74) is 4.48. The highest BCUT2D eigenvalue weighted by atomic mass is 19.4. The zero-order valence-corrected chi connectivity index (χ0v) is 11.5. The van der Waals surface area contributed by atoms with Crippen LogP contribution in [-0.4, -0.2) is 32.1 Å². The largest absolute Gasteiger partial charge is 0.522 e. The van der Waals surface area contributed by atoms with Gasteiger partial charge in [-0.15, -0.1) is 13.2 Å². The van der Waals surface area contributed by atoms with Crippen molar-refractivity contribution in [3.05, 3.63) is 0 Å². The van der Waals surface area contributed by atoms with Gasteiger partial charge in [0.2, 0.25) is 0 Å². The van der Waals surface area contributed by atoms with Gasteiger partial charge < -0.3 is 10.5 Å². The standard InChI is InChI=1S/C12H22F3NO3/c1-4-18-10(17)11(8-16,7-9(2)3)5-6-19-12(13,14)15/h9H,4-8,16H2,1-3H3. The molecule has 19 heavy (non-hydrogen) atoms. The van der Waals surface area contributed by atoms with E-state index in [1.54, 1.807) is 6.92 Å². The van der Waals surface area contributed by atoms with Crippen molar-refractivity contribution in [1.82, 2.24) is 0 Å². The quantitative estimate of drug-likeness (QED) is 0.696. The molecular formula is C12H22F3NO3. The van der Waals surface area contributed by atoms with E-state index in [0.717, 1.165) is 0 Å². The number of alkyl halides is 3. The molecule has 0 heterocycles. The molecule has 0 spiro atoms. The average Bonchev–Trinajstić information content (AvgIpc) is 2.25. The van der Waals surface area contributed by atoms with Crippen molar-refractivity contribution in [1.29, 1.82) is 0 Å². The molecule has 2 N–H and O–H groups in total. The van der Waals surface area contributed by atoms with Gasteiger partial charge in [-0.1, -0.05) is 13.8 Å². The number of nitrogens with two attached hydrogens (primary N) is 1. The van der Waals surface area contributed by atoms with E-state index in [9.17, 15) is 18.0 Å². The molecule has 0 saturated heterocycles. The van der Waals surface area contributed by atoms with Gasteiger partial charge in [-0.2, -0.15) is 0 Å². The molecule has 0 aliphatic carbocycles. The van der Waals surface area contributed by atoms with E-state index in [2.05, 4.69) is 4.74 Å². The van der Waals surface area contributed by atoms with Gasteiger partial charge >= 0.3 is 12.3 Å². The highest BCUT2D eigenvalue weighted by molar-refractivity contribution is 5.77. The van der Waals surface area contributed by atoms with Crippen molar-refractivity contribution in [2.75, 3.05) is 19.8 Å². The van der Waals surface area contributed by atoms with E-state index in [-0.39, 0.29) is 25.5 Å². The molecule has 0 saturated carbocycles. The van der Waals surface area contributed by atoms with Crippen LogP contribution in [0.5, 0.6) is 0 Å². The molecule has 0 amide bonds. The molecule has 0 aromatic rings. The molecule has 0 bridgehead atoms. The molecule has 7 heteroatoms. The van der Waals surface area contributed by atoms with Crippen molar-refractivity contribution >= 4 is 5.97 Å². The summed E-state index contributed by atoms with van der Waals surface area (Å²) in [4.78, 5) is 11.9. The molecule has 0 rings (SSSR count). The van der Waals surface area contributed by atoms with Crippen LogP contribution in [0, 0.1) is 11.3 Å². The predicted octanol–water partition coefficient (Wildman–Crippen LogP) is 2.47. The Balaban J connectivity index is 4.77. The number of carbonyl (C=O) groups is 1. The molecule has 4 nitrogen and oxygen atoms in total. The van der Waals surface area contributed by atoms with Crippen molar-refractivity contribution in [2.45, 2.75) is 40.0 Å². The summed E-state index contributed by atoms with van der Waals surface area (Å²) >= 11 is 0. The Kier molecular flexibility index (Phi) is 7.36. The van der Waals surface area contributed by atoms with Gasteiger partial charge in [0.1, 0.15) is 0 Å². The van der Waals surface area contributed by atoms with Gasteiger partial charge in [-0.05, 0) is 25.7 Å². The first-order valence-electron chi connectivity index (χ1n) is 6.25. The van der Waals surface area contributed by atoms with Crippen LogP contribution in [0.25, 0.3) is 0 Å². The summed E-state index contributed by atoms with van der Waals surface area (Å²) in [5.74, 6) is -0.448. The van der Waals surface area contributed by atoms with E-state index in [1.807, 2.05) is 13.8 Å². The maximum atomic E-state index is 12.0. The topological polar surface area (TPSA) is 61.5 Å². The molecule has 0 aliphatic heterocycles. The highest BCUT2D eigenvalue weighted by Gasteiger charge is 2.40. The molecule has 0 radical (unpaired) electrons. The second-order valence-corrected chi connectivity index (χ2v) is 4.85. The minimum Gasteiger partial charge on any atom is -0.466 e. The number of halogens is 3. The lowest BCUT2D eigenvalue weighted by molar-refractivity contribution is -0.326. The number of hydrogen-bond acceptors (Lipinski definition) is 4. The van der Waals surface area contributed by atoms with Crippen LogP contribution >= 0.6 is 0 Å². The fourth-order valence-electron chi connectivity index (χ4n) is 1.98. The first-order valence-corrected chi connectivity index (χ1v) is 6.25. The lowest BCUT2D eigenvalue weighted by atomic mass is 9.77. The van der Waals surface area contributed by atoms with Gasteiger partial charge in [0.05, 0.1) is 18.6 Å². The van der Waals surface area contributed by atoms with Crippen LogP contribution < -0.4 is 5.73 Å². The lowest BCUT2D eigenvalue weighted by Crippen LogP contribution is -2.42. The minimum absolute atomic E-state index is 0.0643. The van der Waals surface area contributed by atoms with E-state index < -0.39 is 24.4 Å². The number of carbonyl (C=O) groups excluding carboxylic acids is 1. The second-order valence-electron chi connectivity index (χ2n) is 4.85. The smallest absolute Gasteiger partial charge is 0.466 e. The van der Waals surface area contributed by atoms with Crippen LogP contribution in [0.2, 0.25) is 0 Å². The molecule has 0 aliphatic rings. The summed E-state index contributed by atoms with van der Waals surface area (Å²) in [6.07, 6.45) is -4.45. The Morgan fingerprint density at radius 1 is 1.32 bits per heavy atom. The molecule has 0 fully saturated rings. The average molecular weight is 285 g/mol. The number of hydrogen-bond donors (Lipinski definition) is 1. The van der Waals surface area contributed by atoms with Crippen LogP contribution in [0.3, 0.4) is 0 Å². The van der Waals surface area contributed by atoms with E-state index in [0.29, 0.717) is 6.42 Å². The molecular weight excluding hydrogens is 263 g/mol. The Labute approximate surface area is 111 Å². The zero-order chi connectivity index (χ0) is 15.1. The molecule has 0 aromatic carbocycles. The molecule has 0 aromatic heterocycles. The third kappa shape index (κ3) is 6.77. The van der Waals surface area contributed by atoms with Gasteiger partial charge in [-0.3, -0.25) is 9.53 Å². The van der Waals surface area contributed by atoms with Crippen molar-refractivity contribution in [3.63, 3.8) is 0 Å². The molecule has 1 atom stereocenters. The van der Waals surface area contributed by atoms with Gasteiger partial charge in [0.15, 0.2) is 0 Å². The highest BCUT2D eigenvalue weighted by Crippen LogP contribution is 2.32. The van der Waals surface area contributed by atoms with Gasteiger partial charge in [0.25, 0.3) is 0 Å². The number of esters is 1. The van der Waals surface area contributed by atoms with Crippen molar-refractivity contribution in [3.8, 4) is 0 Å². The van der Waals surface area contributed by atoms with Gasteiger partial charge in [-0.25, -0.2) is 0 Å². The zero-order valence-electron chi connectivity index (χ0n) is 11.5. The Hall–Kier alpha value is -0.820. The van der Waals surface area contributed by atoms with E-state index in [4.69, 9.17) is 10.5 Å². The minimum atomic E-state index is -4.70. The monoisotopic (exact) mass is 285 g/mol. The van der Waals surface area contributed by atoms with Crippen LogP contribution in [-0.2, 0) is 14.3 Å². The first kappa shape index (κ1) is 18.2. The number of ether oxygens (including phenoxy) is 2.